The van der Waals surface area contributed by atoms with Gasteiger partial charge in [0.1, 0.15) is 0 Å². The van der Waals surface area contributed by atoms with Gasteiger partial charge in [-0.05, 0) is 67.6 Å². The normalized spacial score (nSPS) is 18.5. The van der Waals surface area contributed by atoms with Crippen LogP contribution in [0.2, 0.25) is 5.02 Å². The Morgan fingerprint density at radius 3 is 2.58 bits per heavy atom. The first-order valence-electron chi connectivity index (χ1n) is 11.2. The average Bonchev–Trinajstić information content (AvgIpc) is 3.50. The van der Waals surface area contributed by atoms with E-state index in [-0.39, 0.29) is 35.9 Å². The Bertz CT molecular complexity index is 1110. The summed E-state index contributed by atoms with van der Waals surface area (Å²) in [5.74, 6) is 0.0995. The molecular formula is C24H30ClN3O4S. The van der Waals surface area contributed by atoms with Crippen molar-refractivity contribution in [3.05, 3.63) is 53.1 Å². The van der Waals surface area contributed by atoms with Gasteiger partial charge in [0.2, 0.25) is 15.9 Å². The van der Waals surface area contributed by atoms with Crippen molar-refractivity contribution in [3.8, 4) is 0 Å². The zero-order valence-electron chi connectivity index (χ0n) is 19.0. The molecule has 33 heavy (non-hydrogen) atoms. The minimum Gasteiger partial charge on any atom is -0.377 e. The van der Waals surface area contributed by atoms with Crippen molar-refractivity contribution in [2.24, 2.45) is 5.92 Å². The number of ether oxygens (including phenoxy) is 1. The van der Waals surface area contributed by atoms with Crippen molar-refractivity contribution >= 4 is 38.9 Å². The van der Waals surface area contributed by atoms with Gasteiger partial charge in [0.15, 0.2) is 0 Å². The fourth-order valence-corrected chi connectivity index (χ4v) is 5.80. The van der Waals surface area contributed by atoms with E-state index in [0.29, 0.717) is 17.3 Å². The second-order valence-corrected chi connectivity index (χ2v) is 11.3. The van der Waals surface area contributed by atoms with Gasteiger partial charge in [0, 0.05) is 56.1 Å². The highest BCUT2D eigenvalue weighted by molar-refractivity contribution is 7.89. The van der Waals surface area contributed by atoms with E-state index in [1.807, 2.05) is 37.2 Å². The molecule has 4 rings (SSSR count). The van der Waals surface area contributed by atoms with Gasteiger partial charge >= 0.3 is 0 Å². The lowest BCUT2D eigenvalue weighted by Crippen LogP contribution is -2.37. The largest absolute Gasteiger partial charge is 0.377 e. The zero-order valence-corrected chi connectivity index (χ0v) is 20.5. The molecule has 1 N–H and O–H groups in total. The maximum atomic E-state index is 13.6. The third kappa shape index (κ3) is 5.87. The number of amides is 1. The molecule has 0 spiro atoms. The van der Waals surface area contributed by atoms with Crippen molar-refractivity contribution in [2.75, 3.05) is 37.5 Å². The van der Waals surface area contributed by atoms with Crippen LogP contribution in [0.4, 0.5) is 11.4 Å². The van der Waals surface area contributed by atoms with Crippen LogP contribution < -0.4 is 10.2 Å². The Labute approximate surface area is 200 Å². The molecule has 2 fully saturated rings. The fourth-order valence-electron chi connectivity index (χ4n) is 4.05. The van der Waals surface area contributed by atoms with Crippen molar-refractivity contribution in [2.45, 2.75) is 43.2 Å². The first-order valence-corrected chi connectivity index (χ1v) is 13.0. The number of sulfonamides is 1. The molecule has 1 atom stereocenters. The summed E-state index contributed by atoms with van der Waals surface area (Å²) in [5, 5.41) is 3.33. The molecule has 0 bridgehead atoms. The van der Waals surface area contributed by atoms with Crippen LogP contribution in [0.3, 0.4) is 0 Å². The van der Waals surface area contributed by atoms with Crippen molar-refractivity contribution in [1.82, 2.24) is 4.31 Å². The molecule has 2 aromatic carbocycles. The van der Waals surface area contributed by atoms with Crippen LogP contribution >= 0.6 is 11.6 Å². The second kappa shape index (κ2) is 10.0. The number of hydrogen-bond acceptors (Lipinski definition) is 5. The molecule has 1 aliphatic heterocycles. The summed E-state index contributed by atoms with van der Waals surface area (Å²) < 4.78 is 34.5. The average molecular weight is 492 g/mol. The van der Waals surface area contributed by atoms with Crippen LogP contribution in [0.1, 0.15) is 31.2 Å². The van der Waals surface area contributed by atoms with E-state index in [9.17, 15) is 13.2 Å². The molecule has 1 heterocycles. The molecule has 9 heteroatoms. The highest BCUT2D eigenvalue weighted by Crippen LogP contribution is 2.32. The standard InChI is InChI=1S/C24H30ClN3O4S/c1-27(2)23-11-10-20(26-24(29)17-8-9-17)13-18(23)15-28(16-21-6-4-12-32-21)33(30,31)22-7-3-5-19(25)14-22/h3,5,7,10-11,13-14,17,21H,4,6,8-9,12,15-16H2,1-2H3,(H,26,29)/t21-/m0/s1. The summed E-state index contributed by atoms with van der Waals surface area (Å²) >= 11 is 6.10. The van der Waals surface area contributed by atoms with Crippen LogP contribution in [0.25, 0.3) is 0 Å². The lowest BCUT2D eigenvalue weighted by molar-refractivity contribution is -0.117. The number of nitrogens with zero attached hydrogens (tertiary/aromatic N) is 2. The SMILES string of the molecule is CN(C)c1ccc(NC(=O)C2CC2)cc1CN(C[C@@H]1CCCO1)S(=O)(=O)c1cccc(Cl)c1. The monoisotopic (exact) mass is 491 g/mol. The van der Waals surface area contributed by atoms with Gasteiger partial charge in [-0.1, -0.05) is 17.7 Å². The molecule has 1 aliphatic carbocycles. The van der Waals surface area contributed by atoms with Crippen LogP contribution in [-0.2, 0) is 26.1 Å². The Kier molecular flexibility index (Phi) is 7.28. The lowest BCUT2D eigenvalue weighted by atomic mass is 10.1. The second-order valence-electron chi connectivity index (χ2n) is 8.89. The first-order chi connectivity index (χ1) is 15.7. The molecule has 2 aromatic rings. The quantitative estimate of drug-likeness (QED) is 0.570. The van der Waals surface area contributed by atoms with Gasteiger partial charge in [-0.25, -0.2) is 8.42 Å². The van der Waals surface area contributed by atoms with E-state index < -0.39 is 10.0 Å². The summed E-state index contributed by atoms with van der Waals surface area (Å²) in [6.45, 7) is 1.04. The molecule has 2 aliphatic rings. The Morgan fingerprint density at radius 1 is 1.15 bits per heavy atom. The smallest absolute Gasteiger partial charge is 0.243 e. The van der Waals surface area contributed by atoms with Crippen molar-refractivity contribution in [3.63, 3.8) is 0 Å². The molecule has 0 aromatic heterocycles. The molecular weight excluding hydrogens is 462 g/mol. The van der Waals surface area contributed by atoms with Gasteiger partial charge in [0.05, 0.1) is 11.0 Å². The van der Waals surface area contributed by atoms with Crippen molar-refractivity contribution in [1.29, 1.82) is 0 Å². The minimum absolute atomic E-state index is 0.0151. The molecule has 1 amide bonds. The van der Waals surface area contributed by atoms with E-state index in [1.54, 1.807) is 18.2 Å². The van der Waals surface area contributed by atoms with Crippen LogP contribution in [0.5, 0.6) is 0 Å². The summed E-state index contributed by atoms with van der Waals surface area (Å²) in [5.41, 5.74) is 2.36. The molecule has 7 nitrogen and oxygen atoms in total. The Balaban J connectivity index is 1.67. The number of anilines is 2. The van der Waals surface area contributed by atoms with Gasteiger partial charge in [0.25, 0.3) is 0 Å². The minimum atomic E-state index is -3.83. The van der Waals surface area contributed by atoms with E-state index >= 15 is 0 Å². The first kappa shape index (κ1) is 24.0. The third-order valence-electron chi connectivity index (χ3n) is 5.99. The maximum absolute atomic E-state index is 13.6. The molecule has 1 saturated heterocycles. The highest BCUT2D eigenvalue weighted by Gasteiger charge is 2.31. The summed E-state index contributed by atoms with van der Waals surface area (Å²) in [4.78, 5) is 14.4. The highest BCUT2D eigenvalue weighted by atomic mass is 35.5. The number of rotatable bonds is 9. The van der Waals surface area contributed by atoms with Gasteiger partial charge < -0.3 is 15.0 Å². The van der Waals surface area contributed by atoms with E-state index in [1.165, 1.54) is 10.4 Å². The summed E-state index contributed by atoms with van der Waals surface area (Å²) in [7, 11) is -0.000284. The van der Waals surface area contributed by atoms with Gasteiger partial charge in [-0.2, -0.15) is 4.31 Å². The number of halogens is 1. The number of benzene rings is 2. The zero-order chi connectivity index (χ0) is 23.6. The van der Waals surface area contributed by atoms with E-state index in [0.717, 1.165) is 36.9 Å². The van der Waals surface area contributed by atoms with Gasteiger partial charge in [-0.15, -0.1) is 0 Å². The molecule has 178 valence electrons. The van der Waals surface area contributed by atoms with E-state index in [4.69, 9.17) is 16.3 Å². The third-order valence-corrected chi connectivity index (χ3v) is 8.03. The molecule has 1 saturated carbocycles. The number of carbonyl (C=O) groups is 1. The maximum Gasteiger partial charge on any atom is 0.243 e. The fraction of sp³-hybridized carbons (Fsp3) is 0.458. The number of nitrogens with one attached hydrogen (secondary N) is 1. The van der Waals surface area contributed by atoms with Crippen LogP contribution in [0.15, 0.2) is 47.4 Å². The van der Waals surface area contributed by atoms with Crippen LogP contribution in [0, 0.1) is 5.92 Å². The molecule has 0 unspecified atom stereocenters. The predicted molar refractivity (Wildman–Crippen MR) is 130 cm³/mol. The number of carbonyl (C=O) groups excluding carboxylic acids is 1. The lowest BCUT2D eigenvalue weighted by Gasteiger charge is -2.27. The molecule has 0 radical (unpaired) electrons. The van der Waals surface area contributed by atoms with Crippen LogP contribution in [-0.4, -0.2) is 52.0 Å². The summed E-state index contributed by atoms with van der Waals surface area (Å²) in [6, 6.07) is 12.0. The summed E-state index contributed by atoms with van der Waals surface area (Å²) in [6.07, 6.45) is 3.42. The Hall–Kier alpha value is -2.13. The predicted octanol–water partition coefficient (Wildman–Crippen LogP) is 4.12. The Morgan fingerprint density at radius 2 is 1.94 bits per heavy atom. The number of hydrogen-bond donors (Lipinski definition) is 1. The van der Waals surface area contributed by atoms with Crippen molar-refractivity contribution < 1.29 is 17.9 Å². The van der Waals surface area contributed by atoms with Gasteiger partial charge in [-0.3, -0.25) is 4.79 Å². The topological polar surface area (TPSA) is 79.0 Å². The van der Waals surface area contributed by atoms with E-state index in [2.05, 4.69) is 5.32 Å².